The molecule has 5 heteroatoms. The molecule has 5 nitrogen and oxygen atoms in total. The second-order valence-corrected chi connectivity index (χ2v) is 5.58. The summed E-state index contributed by atoms with van der Waals surface area (Å²) in [5, 5.41) is 7.51. The van der Waals surface area contributed by atoms with Crippen LogP contribution >= 0.6 is 0 Å². The molecule has 0 bridgehead atoms. The largest absolute Gasteiger partial charge is 0.317 e. The van der Waals surface area contributed by atoms with Gasteiger partial charge in [-0.15, -0.1) is 0 Å². The van der Waals surface area contributed by atoms with E-state index in [2.05, 4.69) is 15.3 Å². The number of aromatic nitrogens is 2. The van der Waals surface area contributed by atoms with Crippen LogP contribution in [0.15, 0.2) is 12.3 Å². The van der Waals surface area contributed by atoms with E-state index < -0.39 is 0 Å². The highest BCUT2D eigenvalue weighted by Gasteiger charge is 2.36. The third kappa shape index (κ3) is 2.44. The number of hydrogen-bond donors (Lipinski definition) is 1. The fraction of sp³-hybridized carbons (Fsp3) is 0.714. The van der Waals surface area contributed by atoms with Gasteiger partial charge in [0.25, 0.3) is 0 Å². The molecule has 1 aromatic heterocycles. The number of nitrogens with zero attached hydrogens (tertiary/aromatic N) is 3. The van der Waals surface area contributed by atoms with Crippen LogP contribution in [0.5, 0.6) is 0 Å². The molecule has 1 unspecified atom stereocenters. The number of piperidine rings is 1. The van der Waals surface area contributed by atoms with E-state index in [0.29, 0.717) is 6.04 Å². The summed E-state index contributed by atoms with van der Waals surface area (Å²) in [5.74, 6) is 0.246. The molecule has 2 fully saturated rings. The molecule has 104 valence electrons. The minimum absolute atomic E-state index is 0.0681. The first kappa shape index (κ1) is 12.8. The molecule has 2 aliphatic rings. The highest BCUT2D eigenvalue weighted by atomic mass is 16.1. The summed E-state index contributed by atoms with van der Waals surface area (Å²) < 4.78 is 1.70. The van der Waals surface area contributed by atoms with Crippen molar-refractivity contribution in [1.29, 1.82) is 0 Å². The predicted molar refractivity (Wildman–Crippen MR) is 73.2 cm³/mol. The summed E-state index contributed by atoms with van der Waals surface area (Å²) in [4.78, 5) is 15.1. The van der Waals surface area contributed by atoms with Crippen LogP contribution in [0.25, 0.3) is 0 Å². The fourth-order valence-electron chi connectivity index (χ4n) is 3.43. The highest BCUT2D eigenvalue weighted by Crippen LogP contribution is 2.26. The van der Waals surface area contributed by atoms with E-state index in [1.165, 1.54) is 0 Å². The standard InChI is InChI=1S/C14H22N4O/c1-17-12(6-9-16-17)14(19)13-3-2-10-18(13)11-4-7-15-8-5-11/h6,9,11,13,15H,2-5,7-8,10H2,1H3. The van der Waals surface area contributed by atoms with Crippen LogP contribution in [0.3, 0.4) is 0 Å². The zero-order chi connectivity index (χ0) is 13.2. The summed E-state index contributed by atoms with van der Waals surface area (Å²) in [6.45, 7) is 3.22. The molecule has 0 spiro atoms. The van der Waals surface area contributed by atoms with Gasteiger partial charge in [0, 0.05) is 19.3 Å². The Labute approximate surface area is 114 Å². The molecular weight excluding hydrogens is 240 g/mol. The Morgan fingerprint density at radius 2 is 2.16 bits per heavy atom. The van der Waals surface area contributed by atoms with Crippen molar-refractivity contribution in [2.24, 2.45) is 7.05 Å². The van der Waals surface area contributed by atoms with Crippen LogP contribution in [-0.4, -0.2) is 52.2 Å². The topological polar surface area (TPSA) is 50.2 Å². The van der Waals surface area contributed by atoms with Gasteiger partial charge in [0.15, 0.2) is 5.78 Å². The number of rotatable bonds is 3. The average Bonchev–Trinajstić information content (AvgIpc) is 3.07. The van der Waals surface area contributed by atoms with Crippen molar-refractivity contribution in [2.45, 2.75) is 37.8 Å². The fourth-order valence-corrected chi connectivity index (χ4v) is 3.43. The number of aryl methyl sites for hydroxylation is 1. The van der Waals surface area contributed by atoms with Crippen LogP contribution in [0.1, 0.15) is 36.2 Å². The van der Waals surface area contributed by atoms with Gasteiger partial charge in [-0.25, -0.2) is 0 Å². The SMILES string of the molecule is Cn1nccc1C(=O)C1CCCN1C1CCNCC1. The van der Waals surface area contributed by atoms with Crippen molar-refractivity contribution < 1.29 is 4.79 Å². The minimum atomic E-state index is 0.0681. The number of carbonyl (C=O) groups excluding carboxylic acids is 1. The minimum Gasteiger partial charge on any atom is -0.317 e. The van der Waals surface area contributed by atoms with Gasteiger partial charge in [0.1, 0.15) is 5.69 Å². The Morgan fingerprint density at radius 3 is 2.84 bits per heavy atom. The van der Waals surface area contributed by atoms with Gasteiger partial charge < -0.3 is 5.32 Å². The van der Waals surface area contributed by atoms with Gasteiger partial charge in [0.2, 0.25) is 0 Å². The molecule has 0 saturated carbocycles. The zero-order valence-electron chi connectivity index (χ0n) is 11.5. The molecule has 1 N–H and O–H groups in total. The number of Topliss-reactive ketones (excluding diaryl/α,β-unsaturated/α-hetero) is 1. The van der Waals surface area contributed by atoms with Gasteiger partial charge in [-0.05, 0) is 51.4 Å². The third-order valence-corrected chi connectivity index (χ3v) is 4.45. The van der Waals surface area contributed by atoms with Gasteiger partial charge in [-0.3, -0.25) is 14.4 Å². The van der Waals surface area contributed by atoms with Crippen molar-refractivity contribution >= 4 is 5.78 Å². The predicted octanol–water partition coefficient (Wildman–Crippen LogP) is 0.819. The summed E-state index contributed by atoms with van der Waals surface area (Å²) in [5.41, 5.74) is 0.742. The van der Waals surface area contributed by atoms with E-state index in [-0.39, 0.29) is 11.8 Å². The molecule has 2 saturated heterocycles. The molecule has 0 aliphatic carbocycles. The number of nitrogens with one attached hydrogen (secondary N) is 1. The Hall–Kier alpha value is -1.20. The monoisotopic (exact) mass is 262 g/mol. The Morgan fingerprint density at radius 1 is 1.37 bits per heavy atom. The van der Waals surface area contributed by atoms with E-state index in [1.54, 1.807) is 10.9 Å². The third-order valence-electron chi connectivity index (χ3n) is 4.45. The Bertz CT molecular complexity index is 450. The number of hydrogen-bond acceptors (Lipinski definition) is 4. The summed E-state index contributed by atoms with van der Waals surface area (Å²) >= 11 is 0. The maximum absolute atomic E-state index is 12.7. The summed E-state index contributed by atoms with van der Waals surface area (Å²) in [7, 11) is 1.84. The Kier molecular flexibility index (Phi) is 3.66. The van der Waals surface area contributed by atoms with E-state index >= 15 is 0 Å². The first-order chi connectivity index (χ1) is 9.27. The maximum Gasteiger partial charge on any atom is 0.197 e. The molecule has 3 rings (SSSR count). The molecule has 19 heavy (non-hydrogen) atoms. The van der Waals surface area contributed by atoms with Gasteiger partial charge in [-0.2, -0.15) is 5.10 Å². The van der Waals surface area contributed by atoms with Crippen molar-refractivity contribution in [3.8, 4) is 0 Å². The van der Waals surface area contributed by atoms with Crippen molar-refractivity contribution in [3.05, 3.63) is 18.0 Å². The lowest BCUT2D eigenvalue weighted by Gasteiger charge is -2.35. The first-order valence-electron chi connectivity index (χ1n) is 7.26. The summed E-state index contributed by atoms with van der Waals surface area (Å²) in [6.07, 6.45) is 6.16. The smallest absolute Gasteiger partial charge is 0.197 e. The number of ketones is 1. The van der Waals surface area contributed by atoms with Crippen molar-refractivity contribution in [3.63, 3.8) is 0 Å². The van der Waals surface area contributed by atoms with Crippen LogP contribution < -0.4 is 5.32 Å². The molecular formula is C14H22N4O. The summed E-state index contributed by atoms with van der Waals surface area (Å²) in [6, 6.07) is 2.48. The molecule has 1 atom stereocenters. The molecule has 0 amide bonds. The molecule has 2 aliphatic heterocycles. The lowest BCUT2D eigenvalue weighted by molar-refractivity contribution is 0.0774. The molecule has 0 aromatic carbocycles. The van der Waals surface area contributed by atoms with E-state index in [0.717, 1.165) is 51.0 Å². The van der Waals surface area contributed by atoms with E-state index in [1.807, 2.05) is 13.1 Å². The zero-order valence-corrected chi connectivity index (χ0v) is 11.5. The van der Waals surface area contributed by atoms with E-state index in [4.69, 9.17) is 0 Å². The van der Waals surface area contributed by atoms with Crippen LogP contribution in [0.2, 0.25) is 0 Å². The second kappa shape index (κ2) is 5.43. The van der Waals surface area contributed by atoms with Crippen molar-refractivity contribution in [2.75, 3.05) is 19.6 Å². The van der Waals surface area contributed by atoms with Crippen molar-refractivity contribution in [1.82, 2.24) is 20.0 Å². The van der Waals surface area contributed by atoms with Crippen LogP contribution in [-0.2, 0) is 7.05 Å². The van der Waals surface area contributed by atoms with Gasteiger partial charge in [0.05, 0.1) is 6.04 Å². The second-order valence-electron chi connectivity index (χ2n) is 5.58. The Balaban J connectivity index is 1.75. The van der Waals surface area contributed by atoms with Gasteiger partial charge in [-0.1, -0.05) is 0 Å². The van der Waals surface area contributed by atoms with E-state index in [9.17, 15) is 4.79 Å². The molecule has 3 heterocycles. The molecule has 0 radical (unpaired) electrons. The van der Waals surface area contributed by atoms with Crippen LogP contribution in [0, 0.1) is 0 Å². The quantitative estimate of drug-likeness (QED) is 0.819. The lowest BCUT2D eigenvalue weighted by atomic mass is 10.0. The number of carbonyl (C=O) groups is 1. The van der Waals surface area contributed by atoms with Crippen LogP contribution in [0.4, 0.5) is 0 Å². The average molecular weight is 262 g/mol. The lowest BCUT2D eigenvalue weighted by Crippen LogP contribution is -2.48. The number of likely N-dealkylation sites (tertiary alicyclic amines) is 1. The first-order valence-corrected chi connectivity index (χ1v) is 7.26. The molecule has 1 aromatic rings. The highest BCUT2D eigenvalue weighted by molar-refractivity contribution is 5.98. The maximum atomic E-state index is 12.7. The van der Waals surface area contributed by atoms with Gasteiger partial charge >= 0.3 is 0 Å². The normalized spacial score (nSPS) is 25.8.